The number of aryl methyl sites for hydroxylation is 1. The number of benzene rings is 2. The number of ether oxygens (including phenoxy) is 1. The Labute approximate surface area is 162 Å². The van der Waals surface area contributed by atoms with Crippen molar-refractivity contribution in [3.8, 4) is 5.75 Å². The zero-order valence-electron chi connectivity index (χ0n) is 15.8. The van der Waals surface area contributed by atoms with Gasteiger partial charge in [0.15, 0.2) is 6.10 Å². The van der Waals surface area contributed by atoms with Crippen LogP contribution in [0.15, 0.2) is 63.8 Å². The average Bonchev–Trinajstić information content (AvgIpc) is 2.71. The van der Waals surface area contributed by atoms with Crippen molar-refractivity contribution in [2.75, 3.05) is 6.54 Å². The van der Waals surface area contributed by atoms with E-state index in [1.807, 2.05) is 31.2 Å². The molecule has 0 spiro atoms. The molecular weight excluding hydrogens is 358 g/mol. The molecule has 0 saturated carbocycles. The molecule has 6 nitrogen and oxygen atoms in total. The van der Waals surface area contributed by atoms with Crippen LogP contribution >= 0.6 is 0 Å². The first-order chi connectivity index (χ1) is 13.5. The lowest BCUT2D eigenvalue weighted by atomic mass is 10.1. The van der Waals surface area contributed by atoms with Gasteiger partial charge in [0.05, 0.1) is 6.10 Å². The molecule has 28 heavy (non-hydrogen) atoms. The third kappa shape index (κ3) is 4.58. The number of hydrogen-bond acceptors (Lipinski definition) is 5. The van der Waals surface area contributed by atoms with E-state index in [1.165, 1.54) is 6.07 Å². The lowest BCUT2D eigenvalue weighted by Crippen LogP contribution is -2.38. The maximum Gasteiger partial charge on any atom is 0.336 e. The molecule has 1 heterocycles. The summed E-state index contributed by atoms with van der Waals surface area (Å²) in [5.74, 6) is 0.0778. The number of aliphatic hydroxyl groups excluding tert-OH is 1. The fourth-order valence-electron chi connectivity index (χ4n) is 2.97. The highest BCUT2D eigenvalue weighted by Crippen LogP contribution is 2.23. The number of fused-ring (bicyclic) bond motifs is 1. The summed E-state index contributed by atoms with van der Waals surface area (Å²) in [6, 6.07) is 15.8. The Morgan fingerprint density at radius 3 is 2.64 bits per heavy atom. The van der Waals surface area contributed by atoms with E-state index in [2.05, 4.69) is 5.32 Å². The number of carbonyl (C=O) groups is 1. The van der Waals surface area contributed by atoms with Crippen LogP contribution in [0.3, 0.4) is 0 Å². The third-order valence-electron chi connectivity index (χ3n) is 4.52. The van der Waals surface area contributed by atoms with E-state index in [0.717, 1.165) is 16.5 Å². The molecule has 1 amide bonds. The van der Waals surface area contributed by atoms with Crippen LogP contribution in [0.5, 0.6) is 5.75 Å². The van der Waals surface area contributed by atoms with E-state index < -0.39 is 17.8 Å². The van der Waals surface area contributed by atoms with Gasteiger partial charge in [0.1, 0.15) is 11.3 Å². The van der Waals surface area contributed by atoms with Crippen LogP contribution in [0.25, 0.3) is 11.0 Å². The number of amides is 1. The van der Waals surface area contributed by atoms with Gasteiger partial charge in [-0.1, -0.05) is 37.3 Å². The molecule has 0 radical (unpaired) electrons. The van der Waals surface area contributed by atoms with Crippen molar-refractivity contribution in [3.63, 3.8) is 0 Å². The van der Waals surface area contributed by atoms with Crippen molar-refractivity contribution >= 4 is 16.9 Å². The summed E-state index contributed by atoms with van der Waals surface area (Å²) in [4.78, 5) is 24.0. The molecule has 3 aromatic rings. The Morgan fingerprint density at radius 2 is 1.93 bits per heavy atom. The van der Waals surface area contributed by atoms with Gasteiger partial charge >= 0.3 is 5.63 Å². The van der Waals surface area contributed by atoms with Crippen LogP contribution in [0.2, 0.25) is 0 Å². The molecule has 0 aliphatic rings. The van der Waals surface area contributed by atoms with Crippen molar-refractivity contribution < 1.29 is 19.1 Å². The number of carbonyl (C=O) groups excluding carboxylic acids is 1. The largest absolute Gasteiger partial charge is 0.481 e. The molecule has 2 atom stereocenters. The second kappa shape index (κ2) is 8.71. The Kier molecular flexibility index (Phi) is 6.11. The maximum atomic E-state index is 12.3. The minimum atomic E-state index is -0.792. The first kappa shape index (κ1) is 19.6. The SMILES string of the molecule is CCc1cc(=O)oc2cc(O[C@H](C)C(=O)NC[C@@H](O)c3ccccc3)ccc12. The Bertz CT molecular complexity index is 1010. The molecule has 1 aromatic heterocycles. The van der Waals surface area contributed by atoms with Crippen LogP contribution < -0.4 is 15.7 Å². The summed E-state index contributed by atoms with van der Waals surface area (Å²) in [7, 11) is 0. The van der Waals surface area contributed by atoms with E-state index in [0.29, 0.717) is 17.8 Å². The second-order valence-corrected chi connectivity index (χ2v) is 6.53. The molecule has 0 saturated heterocycles. The van der Waals surface area contributed by atoms with Gasteiger partial charge in [0.2, 0.25) is 0 Å². The predicted molar refractivity (Wildman–Crippen MR) is 106 cm³/mol. The van der Waals surface area contributed by atoms with Gasteiger partial charge in [-0.2, -0.15) is 0 Å². The second-order valence-electron chi connectivity index (χ2n) is 6.53. The van der Waals surface area contributed by atoms with Gasteiger partial charge < -0.3 is 19.6 Å². The maximum absolute atomic E-state index is 12.3. The zero-order valence-corrected chi connectivity index (χ0v) is 15.8. The standard InChI is InChI=1S/C22H23NO5/c1-3-15-11-21(25)28-20-12-17(9-10-18(15)20)27-14(2)22(26)23-13-19(24)16-7-5-4-6-8-16/h4-12,14,19,24H,3,13H2,1-2H3,(H,23,26)/t14-,19-/m1/s1. The van der Waals surface area contributed by atoms with E-state index >= 15 is 0 Å². The van der Waals surface area contributed by atoms with Crippen molar-refractivity contribution in [1.82, 2.24) is 5.32 Å². The molecule has 0 bridgehead atoms. The van der Waals surface area contributed by atoms with Crippen molar-refractivity contribution in [2.24, 2.45) is 0 Å². The molecule has 3 rings (SSSR count). The first-order valence-electron chi connectivity index (χ1n) is 9.22. The molecule has 146 valence electrons. The zero-order chi connectivity index (χ0) is 20.1. The summed E-state index contributed by atoms with van der Waals surface area (Å²) >= 11 is 0. The van der Waals surface area contributed by atoms with Gasteiger partial charge in [0.25, 0.3) is 5.91 Å². The van der Waals surface area contributed by atoms with Crippen LogP contribution in [0, 0.1) is 0 Å². The number of aliphatic hydroxyl groups is 1. The summed E-state index contributed by atoms with van der Waals surface area (Å²) < 4.78 is 10.9. The molecule has 0 aliphatic carbocycles. The fraction of sp³-hybridized carbons (Fsp3) is 0.273. The molecule has 0 fully saturated rings. The summed E-state index contributed by atoms with van der Waals surface area (Å²) in [6.07, 6.45) is -0.855. The third-order valence-corrected chi connectivity index (χ3v) is 4.52. The van der Waals surface area contributed by atoms with Gasteiger partial charge in [-0.05, 0) is 36.6 Å². The average molecular weight is 381 g/mol. The molecular formula is C22H23NO5. The van der Waals surface area contributed by atoms with Crippen molar-refractivity contribution in [3.05, 3.63) is 76.1 Å². The van der Waals surface area contributed by atoms with Gasteiger partial charge in [-0.3, -0.25) is 4.79 Å². The minimum absolute atomic E-state index is 0.0863. The Balaban J connectivity index is 1.64. The van der Waals surface area contributed by atoms with Crippen LogP contribution in [-0.2, 0) is 11.2 Å². The summed E-state index contributed by atoms with van der Waals surface area (Å²) in [6.45, 7) is 3.67. The van der Waals surface area contributed by atoms with Crippen molar-refractivity contribution in [2.45, 2.75) is 32.5 Å². The molecule has 0 aliphatic heterocycles. The van der Waals surface area contributed by atoms with Crippen molar-refractivity contribution in [1.29, 1.82) is 0 Å². The van der Waals surface area contributed by atoms with E-state index in [4.69, 9.17) is 9.15 Å². The Hall–Kier alpha value is -3.12. The predicted octanol–water partition coefficient (Wildman–Crippen LogP) is 2.97. The fourth-order valence-corrected chi connectivity index (χ4v) is 2.97. The smallest absolute Gasteiger partial charge is 0.336 e. The molecule has 0 unspecified atom stereocenters. The molecule has 6 heteroatoms. The number of hydrogen-bond donors (Lipinski definition) is 2. The van der Waals surface area contributed by atoms with Crippen LogP contribution in [0.4, 0.5) is 0 Å². The van der Waals surface area contributed by atoms with Crippen LogP contribution in [-0.4, -0.2) is 23.7 Å². The van der Waals surface area contributed by atoms with E-state index in [9.17, 15) is 14.7 Å². The minimum Gasteiger partial charge on any atom is -0.481 e. The van der Waals surface area contributed by atoms with E-state index in [1.54, 1.807) is 31.2 Å². The lowest BCUT2D eigenvalue weighted by molar-refractivity contribution is -0.127. The summed E-state index contributed by atoms with van der Waals surface area (Å²) in [5.41, 5.74) is 1.64. The van der Waals surface area contributed by atoms with E-state index in [-0.39, 0.29) is 12.5 Å². The Morgan fingerprint density at radius 1 is 1.18 bits per heavy atom. The highest BCUT2D eigenvalue weighted by atomic mass is 16.5. The highest BCUT2D eigenvalue weighted by Gasteiger charge is 2.17. The number of rotatable bonds is 7. The molecule has 2 aromatic carbocycles. The van der Waals surface area contributed by atoms with Crippen LogP contribution in [0.1, 0.15) is 31.1 Å². The normalized spacial score (nSPS) is 13.1. The van der Waals surface area contributed by atoms with Gasteiger partial charge in [0, 0.05) is 24.1 Å². The summed E-state index contributed by atoms with van der Waals surface area (Å²) in [5, 5.41) is 13.7. The monoisotopic (exact) mass is 381 g/mol. The highest BCUT2D eigenvalue weighted by molar-refractivity contribution is 5.83. The van der Waals surface area contributed by atoms with Gasteiger partial charge in [-0.15, -0.1) is 0 Å². The topological polar surface area (TPSA) is 88.8 Å². The first-order valence-corrected chi connectivity index (χ1v) is 9.22. The molecule has 2 N–H and O–H groups in total. The lowest BCUT2D eigenvalue weighted by Gasteiger charge is -2.17. The van der Waals surface area contributed by atoms with Gasteiger partial charge in [-0.25, -0.2) is 4.79 Å². The number of nitrogens with one attached hydrogen (secondary N) is 1. The quantitative estimate of drug-likeness (QED) is 0.614.